The Morgan fingerprint density at radius 3 is 1.29 bits per heavy atom. The molecule has 0 aromatic rings. The lowest BCUT2D eigenvalue weighted by atomic mass is 10.2. The molecule has 0 bridgehead atoms. The van der Waals surface area contributed by atoms with E-state index in [1.807, 2.05) is 20.8 Å². The van der Waals surface area contributed by atoms with E-state index in [1.54, 1.807) is 0 Å². The average molecular weight is 200 g/mol. The normalized spacial score (nSPS) is 7.64. The van der Waals surface area contributed by atoms with Gasteiger partial charge >= 0.3 is 0 Å². The van der Waals surface area contributed by atoms with Gasteiger partial charge in [0.2, 0.25) is 0 Å². The third-order valence-corrected chi connectivity index (χ3v) is 1.78. The van der Waals surface area contributed by atoms with Crippen LogP contribution in [0.5, 0.6) is 0 Å². The van der Waals surface area contributed by atoms with Crippen LogP contribution in [0, 0.1) is 0 Å². The number of allylic oxidation sites excluding steroid dienone is 2. The van der Waals surface area contributed by atoms with Gasteiger partial charge in [0.25, 0.3) is 0 Å². The van der Waals surface area contributed by atoms with Gasteiger partial charge in [0.05, 0.1) is 0 Å². The van der Waals surface area contributed by atoms with Crippen molar-refractivity contribution in [1.29, 1.82) is 0 Å². The number of hydrogen-bond donors (Lipinski definition) is 0. The minimum Gasteiger partial charge on any atom is -0.0890 e. The Labute approximate surface area is 92.8 Å². The highest BCUT2D eigenvalue weighted by molar-refractivity contribution is 4.88. The van der Waals surface area contributed by atoms with Crippen LogP contribution in [0.2, 0.25) is 0 Å². The molecule has 0 saturated heterocycles. The van der Waals surface area contributed by atoms with Gasteiger partial charge in [-0.3, -0.25) is 0 Å². The fourth-order valence-electron chi connectivity index (χ4n) is 0.677. The molecule has 0 unspecified atom stereocenters. The molecule has 0 nitrogen and oxygen atoms in total. The number of hydrogen-bond acceptors (Lipinski definition) is 0. The van der Waals surface area contributed by atoms with E-state index in [0.717, 1.165) is 0 Å². The van der Waals surface area contributed by atoms with Crippen LogP contribution in [0.25, 0.3) is 0 Å². The molecule has 0 aliphatic rings. The van der Waals surface area contributed by atoms with Crippen LogP contribution >= 0.6 is 0 Å². The second kappa shape index (κ2) is 23.0. The quantitative estimate of drug-likeness (QED) is 0.387. The van der Waals surface area contributed by atoms with E-state index in [4.69, 9.17) is 0 Å². The Kier molecular flexibility index (Phi) is 31.7. The summed E-state index contributed by atoms with van der Waals surface area (Å²) in [5, 5.41) is 0. The van der Waals surface area contributed by atoms with Gasteiger partial charge in [-0.25, -0.2) is 0 Å². The van der Waals surface area contributed by atoms with Gasteiger partial charge < -0.3 is 0 Å². The van der Waals surface area contributed by atoms with Crippen molar-refractivity contribution in [2.24, 2.45) is 0 Å². The lowest BCUT2D eigenvalue weighted by Crippen LogP contribution is -1.70. The predicted molar refractivity (Wildman–Crippen MR) is 70.9 cm³/mol. The number of rotatable bonds is 4. The molecule has 88 valence electrons. The summed E-state index contributed by atoms with van der Waals surface area (Å²) in [5.74, 6) is 0. The summed E-state index contributed by atoms with van der Waals surface area (Å²) in [4.78, 5) is 0. The zero-order valence-corrected chi connectivity index (χ0v) is 11.6. The van der Waals surface area contributed by atoms with Gasteiger partial charge in [0.1, 0.15) is 0 Å². The maximum atomic E-state index is 2.25. The molecule has 0 saturated carbocycles. The predicted octanol–water partition coefficient (Wildman–Crippen LogP) is 5.98. The van der Waals surface area contributed by atoms with E-state index >= 15 is 0 Å². The lowest BCUT2D eigenvalue weighted by molar-refractivity contribution is 0.656. The maximum Gasteiger partial charge on any atom is -0.0442 e. The van der Waals surface area contributed by atoms with Crippen LogP contribution in [0.15, 0.2) is 11.6 Å². The SMILES string of the molecule is CC.CC=C(C)C.CCCCCCC. The van der Waals surface area contributed by atoms with Crippen molar-refractivity contribution in [1.82, 2.24) is 0 Å². The fraction of sp³-hybridized carbons (Fsp3) is 0.857. The van der Waals surface area contributed by atoms with E-state index in [2.05, 4.69) is 33.8 Å². The highest BCUT2D eigenvalue weighted by Gasteiger charge is 1.80. The van der Waals surface area contributed by atoms with Gasteiger partial charge in [-0.15, -0.1) is 0 Å². The molecule has 0 heterocycles. The third kappa shape index (κ3) is 41.1. The molecule has 0 radical (unpaired) electrons. The molecule has 0 fully saturated rings. The van der Waals surface area contributed by atoms with Gasteiger partial charge in [0.15, 0.2) is 0 Å². The minimum absolute atomic E-state index is 1.36. The molecular formula is C14H32. The van der Waals surface area contributed by atoms with Crippen molar-refractivity contribution < 1.29 is 0 Å². The van der Waals surface area contributed by atoms with Crippen LogP contribution in [0.1, 0.15) is 80.6 Å². The lowest BCUT2D eigenvalue weighted by Gasteiger charge is -1.90. The first kappa shape index (κ1) is 19.3. The standard InChI is InChI=1S/C7H16.C5H10.C2H6/c1-3-5-7-6-4-2;1-4-5(2)3;1-2/h3-7H2,1-2H3;4H,1-3H3;1-2H3. The summed E-state index contributed by atoms with van der Waals surface area (Å²) in [5.41, 5.74) is 1.38. The van der Waals surface area contributed by atoms with E-state index in [9.17, 15) is 0 Å². The van der Waals surface area contributed by atoms with E-state index in [1.165, 1.54) is 37.7 Å². The molecule has 0 rings (SSSR count). The first-order chi connectivity index (χ1) is 6.68. The number of unbranched alkanes of at least 4 members (excludes halogenated alkanes) is 4. The molecule has 0 heteroatoms. The van der Waals surface area contributed by atoms with Gasteiger partial charge in [-0.1, -0.05) is 71.4 Å². The second-order valence-corrected chi connectivity index (χ2v) is 3.43. The first-order valence-electron chi connectivity index (χ1n) is 6.28. The fourth-order valence-corrected chi connectivity index (χ4v) is 0.677. The molecule has 0 aliphatic heterocycles. The molecule has 14 heavy (non-hydrogen) atoms. The van der Waals surface area contributed by atoms with Gasteiger partial charge in [-0.05, 0) is 20.8 Å². The van der Waals surface area contributed by atoms with Crippen LogP contribution < -0.4 is 0 Å². The maximum absolute atomic E-state index is 2.25. The zero-order chi connectivity index (χ0) is 11.8. The van der Waals surface area contributed by atoms with E-state index in [0.29, 0.717) is 0 Å². The Bertz CT molecular complexity index is 82.2. The second-order valence-electron chi connectivity index (χ2n) is 3.43. The van der Waals surface area contributed by atoms with Crippen molar-refractivity contribution in [3.63, 3.8) is 0 Å². The smallest absolute Gasteiger partial charge is 0.0442 e. The third-order valence-electron chi connectivity index (χ3n) is 1.78. The highest BCUT2D eigenvalue weighted by atomic mass is 13.9. The summed E-state index contributed by atoms with van der Waals surface area (Å²) >= 11 is 0. The minimum atomic E-state index is 1.36. The van der Waals surface area contributed by atoms with Crippen LogP contribution in [-0.2, 0) is 0 Å². The topological polar surface area (TPSA) is 0 Å². The Hall–Kier alpha value is -0.260. The van der Waals surface area contributed by atoms with Crippen molar-refractivity contribution >= 4 is 0 Å². The molecule has 0 amide bonds. The zero-order valence-electron chi connectivity index (χ0n) is 11.6. The Morgan fingerprint density at radius 2 is 1.14 bits per heavy atom. The molecule has 0 N–H and O–H groups in total. The van der Waals surface area contributed by atoms with E-state index in [-0.39, 0.29) is 0 Å². The summed E-state index contributed by atoms with van der Waals surface area (Å²) in [6.45, 7) is 14.7. The van der Waals surface area contributed by atoms with Crippen molar-refractivity contribution in [3.05, 3.63) is 11.6 Å². The molecule has 0 atom stereocenters. The highest BCUT2D eigenvalue weighted by Crippen LogP contribution is 2.00. The van der Waals surface area contributed by atoms with Crippen LogP contribution in [-0.4, -0.2) is 0 Å². The van der Waals surface area contributed by atoms with Gasteiger partial charge in [0, 0.05) is 0 Å². The molecular weight excluding hydrogens is 168 g/mol. The Morgan fingerprint density at radius 1 is 0.857 bits per heavy atom. The largest absolute Gasteiger partial charge is 0.0890 e. The van der Waals surface area contributed by atoms with Crippen molar-refractivity contribution in [2.75, 3.05) is 0 Å². The average Bonchev–Trinajstić information content (AvgIpc) is 2.22. The summed E-state index contributed by atoms with van der Waals surface area (Å²) in [6.07, 6.45) is 9.09. The van der Waals surface area contributed by atoms with Gasteiger partial charge in [-0.2, -0.15) is 0 Å². The Balaban J connectivity index is -0.000000152. The molecule has 0 aromatic carbocycles. The molecule has 0 aliphatic carbocycles. The summed E-state index contributed by atoms with van der Waals surface area (Å²) < 4.78 is 0. The monoisotopic (exact) mass is 200 g/mol. The van der Waals surface area contributed by atoms with E-state index < -0.39 is 0 Å². The molecule has 0 spiro atoms. The molecule has 0 aromatic heterocycles. The van der Waals surface area contributed by atoms with Crippen molar-refractivity contribution in [2.45, 2.75) is 80.6 Å². The van der Waals surface area contributed by atoms with Crippen LogP contribution in [0.4, 0.5) is 0 Å². The van der Waals surface area contributed by atoms with Crippen LogP contribution in [0.3, 0.4) is 0 Å². The summed E-state index contributed by atoms with van der Waals surface area (Å²) in [6, 6.07) is 0. The van der Waals surface area contributed by atoms with Crippen molar-refractivity contribution in [3.8, 4) is 0 Å². The first-order valence-corrected chi connectivity index (χ1v) is 6.28. The summed E-state index contributed by atoms with van der Waals surface area (Å²) in [7, 11) is 0.